The quantitative estimate of drug-likeness (QED) is 0.804. The molecule has 0 spiro atoms. The Morgan fingerprint density at radius 1 is 1.33 bits per heavy atom. The number of aromatic nitrogens is 4. The summed E-state index contributed by atoms with van der Waals surface area (Å²) in [5.74, 6) is 0.263. The van der Waals surface area contributed by atoms with Crippen LogP contribution in [0.2, 0.25) is 0 Å². The third-order valence-electron chi connectivity index (χ3n) is 3.06. The van der Waals surface area contributed by atoms with Gasteiger partial charge in [0.2, 0.25) is 0 Å². The summed E-state index contributed by atoms with van der Waals surface area (Å²) in [7, 11) is -2.03. The molecule has 2 heterocycles. The minimum absolute atomic E-state index is 0.0343. The minimum atomic E-state index is -3.74. The van der Waals surface area contributed by atoms with Crippen molar-refractivity contribution >= 4 is 15.8 Å². The van der Waals surface area contributed by atoms with Crippen LogP contribution >= 0.6 is 0 Å². The lowest BCUT2D eigenvalue weighted by Crippen LogP contribution is -2.15. The Hall–Kier alpha value is -1.87. The molecule has 0 bridgehead atoms. The van der Waals surface area contributed by atoms with Gasteiger partial charge in [-0.25, -0.2) is 8.42 Å². The topological polar surface area (TPSA) is 102 Å². The molecule has 116 valence electrons. The summed E-state index contributed by atoms with van der Waals surface area (Å²) in [6, 6.07) is 1.58. The van der Waals surface area contributed by atoms with Gasteiger partial charge in [0, 0.05) is 32.5 Å². The average Bonchev–Trinajstić information content (AvgIpc) is 2.90. The number of sulfonamides is 1. The smallest absolute Gasteiger partial charge is 0.266 e. The fourth-order valence-electron chi connectivity index (χ4n) is 2.17. The van der Waals surface area contributed by atoms with Crippen molar-refractivity contribution in [2.75, 3.05) is 11.3 Å². The van der Waals surface area contributed by atoms with Gasteiger partial charge in [-0.3, -0.25) is 14.1 Å². The van der Waals surface area contributed by atoms with Gasteiger partial charge in [0.15, 0.2) is 5.82 Å². The van der Waals surface area contributed by atoms with E-state index in [0.29, 0.717) is 24.4 Å². The second kappa shape index (κ2) is 5.86. The molecule has 2 N–H and O–H groups in total. The normalized spacial score (nSPS) is 11.8. The van der Waals surface area contributed by atoms with Crippen molar-refractivity contribution in [2.24, 2.45) is 7.05 Å². The predicted octanol–water partition coefficient (Wildman–Crippen LogP) is 0.417. The molecule has 0 aromatic carbocycles. The average molecular weight is 313 g/mol. The van der Waals surface area contributed by atoms with Crippen molar-refractivity contribution in [2.45, 2.75) is 31.7 Å². The van der Waals surface area contributed by atoms with Gasteiger partial charge in [-0.1, -0.05) is 0 Å². The molecule has 2 aromatic rings. The van der Waals surface area contributed by atoms with Crippen molar-refractivity contribution in [3.05, 3.63) is 23.7 Å². The summed E-state index contributed by atoms with van der Waals surface area (Å²) in [5, 5.41) is 17.1. The van der Waals surface area contributed by atoms with Gasteiger partial charge < -0.3 is 5.11 Å². The van der Waals surface area contributed by atoms with E-state index in [2.05, 4.69) is 14.9 Å². The van der Waals surface area contributed by atoms with Crippen LogP contribution in [0, 0.1) is 13.8 Å². The van der Waals surface area contributed by atoms with Crippen LogP contribution in [-0.2, 0) is 23.6 Å². The molecule has 0 fully saturated rings. The van der Waals surface area contributed by atoms with Crippen LogP contribution < -0.4 is 4.72 Å². The Bertz CT molecular complexity index is 732. The fourth-order valence-corrected chi connectivity index (χ4v) is 3.58. The second-order valence-electron chi connectivity index (χ2n) is 4.78. The highest BCUT2D eigenvalue weighted by atomic mass is 32.2. The van der Waals surface area contributed by atoms with Crippen molar-refractivity contribution in [3.63, 3.8) is 0 Å². The molecule has 9 heteroatoms. The van der Waals surface area contributed by atoms with Crippen molar-refractivity contribution < 1.29 is 13.5 Å². The van der Waals surface area contributed by atoms with Crippen LogP contribution in [0.3, 0.4) is 0 Å². The van der Waals surface area contributed by atoms with E-state index in [1.165, 1.54) is 4.68 Å². The molecule has 0 saturated heterocycles. The van der Waals surface area contributed by atoms with E-state index >= 15 is 0 Å². The molecule has 2 aromatic heterocycles. The molecular weight excluding hydrogens is 294 g/mol. The summed E-state index contributed by atoms with van der Waals surface area (Å²) < 4.78 is 30.5. The first-order valence-electron chi connectivity index (χ1n) is 6.52. The maximum absolute atomic E-state index is 12.5. The van der Waals surface area contributed by atoms with Crippen LogP contribution in [0.25, 0.3) is 0 Å². The van der Waals surface area contributed by atoms with E-state index in [-0.39, 0.29) is 17.3 Å². The van der Waals surface area contributed by atoms with E-state index in [4.69, 9.17) is 5.11 Å². The zero-order valence-electron chi connectivity index (χ0n) is 12.2. The molecule has 8 nitrogen and oxygen atoms in total. The van der Waals surface area contributed by atoms with Crippen LogP contribution in [0.1, 0.15) is 17.8 Å². The fraction of sp³-hybridized carbons (Fsp3) is 0.500. The number of anilines is 1. The van der Waals surface area contributed by atoms with Crippen LogP contribution in [-0.4, -0.2) is 39.7 Å². The number of aliphatic hydroxyl groups excluding tert-OH is 1. The lowest BCUT2D eigenvalue weighted by molar-refractivity contribution is 0.276. The predicted molar refractivity (Wildman–Crippen MR) is 77.4 cm³/mol. The first-order valence-corrected chi connectivity index (χ1v) is 8.01. The van der Waals surface area contributed by atoms with Gasteiger partial charge in [0.25, 0.3) is 10.0 Å². The zero-order valence-corrected chi connectivity index (χ0v) is 13.1. The van der Waals surface area contributed by atoms with E-state index in [1.807, 2.05) is 0 Å². The molecule has 0 aliphatic heterocycles. The Morgan fingerprint density at radius 3 is 2.62 bits per heavy atom. The maximum atomic E-state index is 12.5. The molecule has 0 amide bonds. The maximum Gasteiger partial charge on any atom is 0.266 e. The number of nitrogens with one attached hydrogen (secondary N) is 1. The highest BCUT2D eigenvalue weighted by molar-refractivity contribution is 7.92. The highest BCUT2D eigenvalue weighted by Crippen LogP contribution is 2.22. The van der Waals surface area contributed by atoms with E-state index in [9.17, 15) is 8.42 Å². The number of rotatable bonds is 6. The minimum Gasteiger partial charge on any atom is -0.396 e. The summed E-state index contributed by atoms with van der Waals surface area (Å²) in [4.78, 5) is 0.158. The molecule has 0 aliphatic rings. The van der Waals surface area contributed by atoms with Crippen LogP contribution in [0.15, 0.2) is 17.2 Å². The Balaban J connectivity index is 2.33. The summed E-state index contributed by atoms with van der Waals surface area (Å²) in [6.45, 7) is 3.86. The molecule has 0 atom stereocenters. The first-order chi connectivity index (χ1) is 9.85. The van der Waals surface area contributed by atoms with Crippen LogP contribution in [0.4, 0.5) is 5.82 Å². The third-order valence-corrected chi connectivity index (χ3v) is 4.67. The standard InChI is InChI=1S/C12H19N5O3S/c1-9-12(10(2)17(13-9)6-4-8-18)21(19,20)15-11-5-7-16(3)14-11/h5,7,18H,4,6,8H2,1-3H3,(H,14,15). The lowest BCUT2D eigenvalue weighted by Gasteiger charge is -2.06. The molecule has 0 aliphatic carbocycles. The Labute approximate surface area is 123 Å². The first kappa shape index (κ1) is 15.5. The lowest BCUT2D eigenvalue weighted by atomic mass is 10.4. The summed E-state index contributed by atoms with van der Waals surface area (Å²) in [5.41, 5.74) is 0.971. The largest absolute Gasteiger partial charge is 0.396 e. The number of hydrogen-bond acceptors (Lipinski definition) is 5. The van der Waals surface area contributed by atoms with Gasteiger partial charge >= 0.3 is 0 Å². The van der Waals surface area contributed by atoms with Crippen molar-refractivity contribution in [3.8, 4) is 0 Å². The number of hydrogen-bond donors (Lipinski definition) is 2. The van der Waals surface area contributed by atoms with Gasteiger partial charge in [-0.2, -0.15) is 10.2 Å². The van der Waals surface area contributed by atoms with E-state index < -0.39 is 10.0 Å². The highest BCUT2D eigenvalue weighted by Gasteiger charge is 2.25. The molecule has 2 rings (SSSR count). The summed E-state index contributed by atoms with van der Waals surface area (Å²) >= 11 is 0. The Morgan fingerprint density at radius 2 is 2.05 bits per heavy atom. The van der Waals surface area contributed by atoms with E-state index in [1.54, 1.807) is 37.8 Å². The Kier molecular flexibility index (Phi) is 4.33. The number of aryl methyl sites for hydroxylation is 3. The number of nitrogens with zero attached hydrogens (tertiary/aromatic N) is 4. The monoisotopic (exact) mass is 313 g/mol. The zero-order chi connectivity index (χ0) is 15.6. The van der Waals surface area contributed by atoms with Gasteiger partial charge in [0.05, 0.1) is 11.4 Å². The molecule has 0 radical (unpaired) electrons. The van der Waals surface area contributed by atoms with Crippen molar-refractivity contribution in [1.29, 1.82) is 0 Å². The number of aliphatic hydroxyl groups is 1. The second-order valence-corrected chi connectivity index (χ2v) is 6.40. The molecule has 21 heavy (non-hydrogen) atoms. The van der Waals surface area contributed by atoms with Gasteiger partial charge in [-0.05, 0) is 20.3 Å². The van der Waals surface area contributed by atoms with Crippen LogP contribution in [0.5, 0.6) is 0 Å². The SMILES string of the molecule is Cc1nn(CCCO)c(C)c1S(=O)(=O)Nc1ccn(C)n1. The molecule has 0 saturated carbocycles. The van der Waals surface area contributed by atoms with E-state index in [0.717, 1.165) is 0 Å². The molecule has 0 unspecified atom stereocenters. The molecular formula is C12H19N5O3S. The van der Waals surface area contributed by atoms with Gasteiger partial charge in [0.1, 0.15) is 4.90 Å². The summed E-state index contributed by atoms with van der Waals surface area (Å²) in [6.07, 6.45) is 2.18. The van der Waals surface area contributed by atoms with Gasteiger partial charge in [-0.15, -0.1) is 0 Å². The third kappa shape index (κ3) is 3.24. The van der Waals surface area contributed by atoms with Crippen molar-refractivity contribution in [1.82, 2.24) is 19.6 Å².